The summed E-state index contributed by atoms with van der Waals surface area (Å²) in [6.07, 6.45) is 5.73. The van der Waals surface area contributed by atoms with Crippen molar-refractivity contribution < 1.29 is 9.21 Å². The molecule has 0 saturated heterocycles. The predicted molar refractivity (Wildman–Crippen MR) is 71.9 cm³/mol. The van der Waals surface area contributed by atoms with Crippen LogP contribution in [0.4, 0.5) is 5.82 Å². The van der Waals surface area contributed by atoms with Crippen molar-refractivity contribution in [2.75, 3.05) is 5.32 Å². The summed E-state index contributed by atoms with van der Waals surface area (Å²) in [5, 5.41) is 2.62. The summed E-state index contributed by atoms with van der Waals surface area (Å²) in [7, 11) is 0. The molecule has 6 heteroatoms. The van der Waals surface area contributed by atoms with E-state index >= 15 is 0 Å². The Balaban J connectivity index is 1.88. The van der Waals surface area contributed by atoms with E-state index in [0.717, 1.165) is 5.56 Å². The lowest BCUT2D eigenvalue weighted by molar-refractivity contribution is 0.102. The number of carbonyl (C=O) groups excluding carboxylic acids is 1. The highest BCUT2D eigenvalue weighted by Crippen LogP contribution is 2.23. The van der Waals surface area contributed by atoms with Crippen molar-refractivity contribution in [3.8, 4) is 11.3 Å². The Hall–Kier alpha value is -3.02. The van der Waals surface area contributed by atoms with Crippen LogP contribution in [0.15, 0.2) is 59.7 Å². The van der Waals surface area contributed by atoms with Gasteiger partial charge in [0.05, 0.1) is 6.20 Å². The first kappa shape index (κ1) is 12.0. The lowest BCUT2D eigenvalue weighted by Gasteiger charge is -2.03. The van der Waals surface area contributed by atoms with E-state index < -0.39 is 5.91 Å². The van der Waals surface area contributed by atoms with Crippen LogP contribution in [0.3, 0.4) is 0 Å². The molecule has 0 saturated carbocycles. The van der Waals surface area contributed by atoms with Crippen LogP contribution in [-0.2, 0) is 0 Å². The van der Waals surface area contributed by atoms with Crippen molar-refractivity contribution in [1.82, 2.24) is 15.0 Å². The number of hydrogen-bond donors (Lipinski definition) is 1. The van der Waals surface area contributed by atoms with Crippen LogP contribution in [0.25, 0.3) is 11.3 Å². The van der Waals surface area contributed by atoms with Gasteiger partial charge in [-0.15, -0.1) is 0 Å². The summed E-state index contributed by atoms with van der Waals surface area (Å²) in [5.74, 6) is 0.393. The second-order valence-electron chi connectivity index (χ2n) is 3.94. The fourth-order valence-electron chi connectivity index (χ4n) is 1.74. The van der Waals surface area contributed by atoms with Crippen molar-refractivity contribution in [3.05, 3.63) is 61.0 Å². The molecule has 0 unspecified atom stereocenters. The first-order valence-electron chi connectivity index (χ1n) is 5.91. The van der Waals surface area contributed by atoms with E-state index in [4.69, 9.17) is 4.42 Å². The van der Waals surface area contributed by atoms with Gasteiger partial charge in [-0.2, -0.15) is 0 Å². The molecule has 1 N–H and O–H groups in total. The van der Waals surface area contributed by atoms with Gasteiger partial charge in [-0.05, 0) is 0 Å². The molecular formula is C14H10N4O2. The van der Waals surface area contributed by atoms with E-state index in [0.29, 0.717) is 11.6 Å². The van der Waals surface area contributed by atoms with E-state index in [2.05, 4.69) is 20.3 Å². The van der Waals surface area contributed by atoms with E-state index in [9.17, 15) is 4.79 Å². The van der Waals surface area contributed by atoms with E-state index in [1.54, 1.807) is 0 Å². The molecule has 0 radical (unpaired) electrons. The largest absolute Gasteiger partial charge is 0.443 e. The highest BCUT2D eigenvalue weighted by atomic mass is 16.3. The maximum atomic E-state index is 12.2. The number of aromatic nitrogens is 3. The third-order valence-corrected chi connectivity index (χ3v) is 2.62. The normalized spacial score (nSPS) is 10.2. The molecule has 3 aromatic rings. The zero-order chi connectivity index (χ0) is 13.8. The Morgan fingerprint density at radius 1 is 1.10 bits per heavy atom. The highest BCUT2D eigenvalue weighted by Gasteiger charge is 2.18. The zero-order valence-electron chi connectivity index (χ0n) is 10.4. The van der Waals surface area contributed by atoms with E-state index in [-0.39, 0.29) is 5.69 Å². The van der Waals surface area contributed by atoms with Gasteiger partial charge >= 0.3 is 0 Å². The molecule has 0 aliphatic rings. The number of benzene rings is 1. The molecule has 98 valence electrons. The Bertz CT molecular complexity index is 710. The number of nitrogens with zero attached hydrogens (tertiary/aromatic N) is 3. The number of amides is 1. The number of oxazole rings is 1. The van der Waals surface area contributed by atoms with Gasteiger partial charge in [0.1, 0.15) is 0 Å². The van der Waals surface area contributed by atoms with Gasteiger partial charge in [-0.3, -0.25) is 9.78 Å². The lowest BCUT2D eigenvalue weighted by atomic mass is 10.1. The average Bonchev–Trinajstić information content (AvgIpc) is 2.99. The smallest absolute Gasteiger partial charge is 0.279 e. The molecular weight excluding hydrogens is 256 g/mol. The monoisotopic (exact) mass is 266 g/mol. The van der Waals surface area contributed by atoms with Crippen molar-refractivity contribution in [3.63, 3.8) is 0 Å². The molecule has 2 heterocycles. The number of nitrogens with one attached hydrogen (secondary N) is 1. The van der Waals surface area contributed by atoms with Gasteiger partial charge in [0.25, 0.3) is 5.91 Å². The fraction of sp³-hybridized carbons (Fsp3) is 0. The zero-order valence-corrected chi connectivity index (χ0v) is 10.4. The number of hydrogen-bond acceptors (Lipinski definition) is 5. The second-order valence-corrected chi connectivity index (χ2v) is 3.94. The van der Waals surface area contributed by atoms with Crippen molar-refractivity contribution in [1.29, 1.82) is 0 Å². The number of rotatable bonds is 3. The Kier molecular flexibility index (Phi) is 3.20. The van der Waals surface area contributed by atoms with Crippen LogP contribution in [0.2, 0.25) is 0 Å². The molecule has 20 heavy (non-hydrogen) atoms. The van der Waals surface area contributed by atoms with Gasteiger partial charge in [-0.25, -0.2) is 9.97 Å². The summed E-state index contributed by atoms with van der Waals surface area (Å²) in [4.78, 5) is 24.0. The molecule has 6 nitrogen and oxygen atoms in total. The second kappa shape index (κ2) is 5.31. The SMILES string of the molecule is O=C(Nc1cnccn1)c1ncoc1-c1ccccc1. The van der Waals surface area contributed by atoms with Crippen LogP contribution in [0.5, 0.6) is 0 Å². The molecule has 3 rings (SSSR count). The first-order chi connectivity index (χ1) is 9.84. The van der Waals surface area contributed by atoms with Gasteiger partial charge in [0, 0.05) is 18.0 Å². The van der Waals surface area contributed by atoms with Crippen molar-refractivity contribution in [2.24, 2.45) is 0 Å². The molecule has 0 bridgehead atoms. The van der Waals surface area contributed by atoms with Crippen LogP contribution >= 0.6 is 0 Å². The van der Waals surface area contributed by atoms with Crippen molar-refractivity contribution in [2.45, 2.75) is 0 Å². The summed E-state index contributed by atoms with van der Waals surface area (Å²) in [5.41, 5.74) is 0.996. The summed E-state index contributed by atoms with van der Waals surface area (Å²) in [6.45, 7) is 0. The fourth-order valence-corrected chi connectivity index (χ4v) is 1.74. The van der Waals surface area contributed by atoms with Crippen LogP contribution in [-0.4, -0.2) is 20.9 Å². The Morgan fingerprint density at radius 2 is 1.95 bits per heavy atom. The van der Waals surface area contributed by atoms with Gasteiger partial charge in [0.2, 0.25) is 0 Å². The van der Waals surface area contributed by atoms with E-state index in [1.165, 1.54) is 25.0 Å². The standard InChI is InChI=1S/C14H10N4O2/c19-14(18-11-8-15-6-7-16-11)12-13(20-9-17-12)10-4-2-1-3-5-10/h1-9H,(H,16,18,19). The summed E-state index contributed by atoms with van der Waals surface area (Å²) < 4.78 is 5.30. The highest BCUT2D eigenvalue weighted by molar-refractivity contribution is 6.05. The average molecular weight is 266 g/mol. The molecule has 0 aliphatic carbocycles. The quantitative estimate of drug-likeness (QED) is 0.787. The molecule has 0 atom stereocenters. The van der Waals surface area contributed by atoms with Gasteiger partial charge < -0.3 is 9.73 Å². The first-order valence-corrected chi connectivity index (χ1v) is 5.91. The molecule has 0 spiro atoms. The minimum Gasteiger partial charge on any atom is -0.443 e. The van der Waals surface area contributed by atoms with E-state index in [1.807, 2.05) is 30.3 Å². The summed E-state index contributed by atoms with van der Waals surface area (Å²) >= 11 is 0. The molecule has 2 aromatic heterocycles. The predicted octanol–water partition coefficient (Wildman–Crippen LogP) is 2.38. The van der Waals surface area contributed by atoms with Crippen LogP contribution < -0.4 is 5.32 Å². The summed E-state index contributed by atoms with van der Waals surface area (Å²) in [6, 6.07) is 9.31. The maximum Gasteiger partial charge on any atom is 0.279 e. The Labute approximate surface area is 114 Å². The minimum atomic E-state index is -0.391. The third kappa shape index (κ3) is 2.39. The van der Waals surface area contributed by atoms with Crippen molar-refractivity contribution >= 4 is 11.7 Å². The maximum absolute atomic E-state index is 12.2. The lowest BCUT2D eigenvalue weighted by Crippen LogP contribution is -2.14. The van der Waals surface area contributed by atoms with Crippen LogP contribution in [0.1, 0.15) is 10.5 Å². The number of anilines is 1. The molecule has 1 aromatic carbocycles. The molecule has 1 amide bonds. The number of carbonyl (C=O) groups is 1. The van der Waals surface area contributed by atoms with Gasteiger partial charge in [-0.1, -0.05) is 30.3 Å². The van der Waals surface area contributed by atoms with Gasteiger partial charge in [0.15, 0.2) is 23.7 Å². The topological polar surface area (TPSA) is 80.9 Å². The third-order valence-electron chi connectivity index (χ3n) is 2.62. The molecule has 0 aliphatic heterocycles. The molecule has 0 fully saturated rings. The minimum absolute atomic E-state index is 0.210. The Morgan fingerprint density at radius 3 is 2.70 bits per heavy atom. The van der Waals surface area contributed by atoms with Crippen LogP contribution in [0, 0.1) is 0 Å².